The van der Waals surface area contributed by atoms with Crippen molar-refractivity contribution >= 4 is 29.1 Å². The molecule has 1 aliphatic heterocycles. The number of fused-ring (bicyclic) bond motifs is 1. The lowest BCUT2D eigenvalue weighted by Crippen LogP contribution is -2.02. The summed E-state index contributed by atoms with van der Waals surface area (Å²) in [6.07, 6.45) is 4.71. The van der Waals surface area contributed by atoms with Crippen LogP contribution in [0.15, 0.2) is 23.4 Å². The number of benzene rings is 1. The fourth-order valence-electron chi connectivity index (χ4n) is 2.43. The summed E-state index contributed by atoms with van der Waals surface area (Å²) in [5.41, 5.74) is 7.70. The number of nitrogen functional groups attached to an aromatic ring is 1. The molecule has 4 nitrogen and oxygen atoms in total. The Hall–Kier alpha value is -1.20. The van der Waals surface area contributed by atoms with Crippen LogP contribution in [0.25, 0.3) is 0 Å². The van der Waals surface area contributed by atoms with E-state index in [1.807, 2.05) is 18.2 Å². The molecule has 0 aliphatic carbocycles. The number of nitrogens with two attached hydrogens (primary N) is 1. The van der Waals surface area contributed by atoms with E-state index in [2.05, 4.69) is 14.8 Å². The zero-order chi connectivity index (χ0) is 13.9. The van der Waals surface area contributed by atoms with Crippen LogP contribution in [-0.4, -0.2) is 14.8 Å². The van der Waals surface area contributed by atoms with Crippen LogP contribution in [0.4, 0.5) is 5.69 Å². The molecule has 0 fully saturated rings. The second-order valence-corrected chi connectivity index (χ2v) is 6.31. The van der Waals surface area contributed by atoms with Crippen molar-refractivity contribution in [3.8, 4) is 0 Å². The molecule has 2 N–H and O–H groups in total. The van der Waals surface area contributed by atoms with Crippen LogP contribution in [0.2, 0.25) is 5.02 Å². The normalized spacial score (nSPS) is 14.8. The minimum absolute atomic E-state index is 0.716. The molecule has 0 bridgehead atoms. The van der Waals surface area contributed by atoms with E-state index >= 15 is 0 Å². The number of thioether (sulfide) groups is 1. The Balaban J connectivity index is 1.77. The van der Waals surface area contributed by atoms with Gasteiger partial charge in [0.25, 0.3) is 0 Å². The Morgan fingerprint density at radius 1 is 1.25 bits per heavy atom. The summed E-state index contributed by atoms with van der Waals surface area (Å²) in [5.74, 6) is 1.83. The molecule has 0 saturated carbocycles. The van der Waals surface area contributed by atoms with Gasteiger partial charge in [-0.25, -0.2) is 0 Å². The van der Waals surface area contributed by atoms with Crippen molar-refractivity contribution in [1.82, 2.24) is 14.8 Å². The Labute approximate surface area is 127 Å². The predicted molar refractivity (Wildman–Crippen MR) is 83.0 cm³/mol. The van der Waals surface area contributed by atoms with Gasteiger partial charge < -0.3 is 10.3 Å². The van der Waals surface area contributed by atoms with Gasteiger partial charge in [-0.2, -0.15) is 0 Å². The minimum atomic E-state index is 0.716. The highest BCUT2D eigenvalue weighted by molar-refractivity contribution is 7.98. The second-order valence-electron chi connectivity index (χ2n) is 4.96. The van der Waals surface area contributed by atoms with E-state index in [0.717, 1.165) is 41.0 Å². The number of anilines is 1. The monoisotopic (exact) mass is 308 g/mol. The van der Waals surface area contributed by atoms with Crippen LogP contribution < -0.4 is 5.73 Å². The maximum atomic E-state index is 6.20. The first kappa shape index (κ1) is 13.8. The van der Waals surface area contributed by atoms with Crippen LogP contribution in [0.1, 0.15) is 30.7 Å². The van der Waals surface area contributed by atoms with Crippen LogP contribution in [0, 0.1) is 0 Å². The molecule has 2 aromatic rings. The molecule has 2 heterocycles. The topological polar surface area (TPSA) is 56.7 Å². The molecule has 0 radical (unpaired) electrons. The summed E-state index contributed by atoms with van der Waals surface area (Å²) >= 11 is 7.86. The molecule has 20 heavy (non-hydrogen) atoms. The lowest BCUT2D eigenvalue weighted by atomic mass is 10.2. The molecule has 3 rings (SSSR count). The van der Waals surface area contributed by atoms with Crippen LogP contribution in [-0.2, 0) is 18.7 Å². The summed E-state index contributed by atoms with van der Waals surface area (Å²) in [6, 6.07) is 5.62. The van der Waals surface area contributed by atoms with E-state index in [1.54, 1.807) is 11.8 Å². The van der Waals surface area contributed by atoms with Crippen molar-refractivity contribution in [2.45, 2.75) is 43.1 Å². The highest BCUT2D eigenvalue weighted by Gasteiger charge is 2.15. The number of nitrogens with zero attached hydrogens (tertiary/aromatic N) is 3. The highest BCUT2D eigenvalue weighted by atomic mass is 35.5. The van der Waals surface area contributed by atoms with E-state index in [-0.39, 0.29) is 0 Å². The van der Waals surface area contributed by atoms with Crippen molar-refractivity contribution < 1.29 is 0 Å². The SMILES string of the molecule is Nc1cccc(Cl)c1CSc1nnc2n1CCCCC2. The molecule has 1 aromatic carbocycles. The number of hydrogen-bond acceptors (Lipinski definition) is 4. The maximum Gasteiger partial charge on any atom is 0.191 e. The molecule has 0 atom stereocenters. The van der Waals surface area contributed by atoms with Gasteiger partial charge in [0.2, 0.25) is 0 Å². The Bertz CT molecular complexity index is 591. The first-order chi connectivity index (χ1) is 9.75. The van der Waals surface area contributed by atoms with Crippen molar-refractivity contribution in [3.63, 3.8) is 0 Å². The molecule has 106 valence electrons. The smallest absolute Gasteiger partial charge is 0.191 e. The lowest BCUT2D eigenvalue weighted by molar-refractivity contribution is 0.591. The van der Waals surface area contributed by atoms with E-state index in [9.17, 15) is 0 Å². The van der Waals surface area contributed by atoms with Crippen LogP contribution in [0.5, 0.6) is 0 Å². The zero-order valence-corrected chi connectivity index (χ0v) is 12.8. The van der Waals surface area contributed by atoms with Crippen LogP contribution in [0.3, 0.4) is 0 Å². The number of rotatable bonds is 3. The summed E-state index contributed by atoms with van der Waals surface area (Å²) in [7, 11) is 0. The van der Waals surface area contributed by atoms with E-state index in [4.69, 9.17) is 17.3 Å². The molecule has 0 unspecified atom stereocenters. The minimum Gasteiger partial charge on any atom is -0.398 e. The second kappa shape index (κ2) is 6.06. The van der Waals surface area contributed by atoms with Crippen LogP contribution >= 0.6 is 23.4 Å². The molecule has 0 amide bonds. The summed E-state index contributed by atoms with van der Waals surface area (Å²) in [4.78, 5) is 0. The van der Waals surface area contributed by atoms with Gasteiger partial charge in [0, 0.05) is 35.0 Å². The Morgan fingerprint density at radius 2 is 2.15 bits per heavy atom. The van der Waals surface area contributed by atoms with Gasteiger partial charge in [0.15, 0.2) is 5.16 Å². The van der Waals surface area contributed by atoms with E-state index in [1.165, 1.54) is 19.3 Å². The standard InChI is InChI=1S/C14H17ClN4S/c15-11-5-4-6-12(16)10(11)9-20-14-18-17-13-7-2-1-3-8-19(13)14/h4-6H,1-3,7-9,16H2. The predicted octanol–water partition coefficient (Wildman–Crippen LogP) is 3.53. The van der Waals surface area contributed by atoms with Crippen molar-refractivity contribution in [3.05, 3.63) is 34.6 Å². The third-order valence-corrected chi connectivity index (χ3v) is 4.92. The number of aryl methyl sites for hydroxylation is 1. The first-order valence-corrected chi connectivity index (χ1v) is 8.20. The molecular weight excluding hydrogens is 292 g/mol. The average molecular weight is 309 g/mol. The Morgan fingerprint density at radius 3 is 3.00 bits per heavy atom. The van der Waals surface area contributed by atoms with E-state index < -0.39 is 0 Å². The number of hydrogen-bond donors (Lipinski definition) is 1. The summed E-state index contributed by atoms with van der Waals surface area (Å²) in [5, 5.41) is 10.3. The van der Waals surface area contributed by atoms with Crippen molar-refractivity contribution in [1.29, 1.82) is 0 Å². The summed E-state index contributed by atoms with van der Waals surface area (Å²) in [6.45, 7) is 1.02. The summed E-state index contributed by atoms with van der Waals surface area (Å²) < 4.78 is 2.24. The molecular formula is C14H17ClN4S. The van der Waals surface area contributed by atoms with E-state index in [0.29, 0.717) is 5.02 Å². The molecule has 6 heteroatoms. The van der Waals surface area contributed by atoms with Gasteiger partial charge in [-0.1, -0.05) is 35.9 Å². The number of halogens is 1. The third kappa shape index (κ3) is 2.79. The van der Waals surface area contributed by atoms with Gasteiger partial charge in [-0.05, 0) is 25.0 Å². The lowest BCUT2D eigenvalue weighted by Gasteiger charge is -2.09. The van der Waals surface area contributed by atoms with Gasteiger partial charge in [-0.15, -0.1) is 10.2 Å². The van der Waals surface area contributed by atoms with Crippen molar-refractivity contribution in [2.24, 2.45) is 0 Å². The zero-order valence-electron chi connectivity index (χ0n) is 11.2. The Kier molecular flexibility index (Phi) is 4.17. The quantitative estimate of drug-likeness (QED) is 0.696. The fraction of sp³-hybridized carbons (Fsp3) is 0.429. The van der Waals surface area contributed by atoms with Crippen molar-refractivity contribution in [2.75, 3.05) is 5.73 Å². The average Bonchev–Trinajstić information content (AvgIpc) is 2.67. The van der Waals surface area contributed by atoms with Gasteiger partial charge in [0.05, 0.1) is 0 Å². The largest absolute Gasteiger partial charge is 0.398 e. The molecule has 0 spiro atoms. The number of aromatic nitrogens is 3. The molecule has 0 saturated heterocycles. The fourth-order valence-corrected chi connectivity index (χ4v) is 3.80. The first-order valence-electron chi connectivity index (χ1n) is 6.83. The van der Waals surface area contributed by atoms with Gasteiger partial charge in [-0.3, -0.25) is 0 Å². The molecule has 1 aliphatic rings. The van der Waals surface area contributed by atoms with Gasteiger partial charge >= 0.3 is 0 Å². The highest BCUT2D eigenvalue weighted by Crippen LogP contribution is 2.30. The molecule has 1 aromatic heterocycles. The van der Waals surface area contributed by atoms with Gasteiger partial charge in [0.1, 0.15) is 5.82 Å². The third-order valence-electron chi connectivity index (χ3n) is 3.58. The maximum absolute atomic E-state index is 6.20.